The summed E-state index contributed by atoms with van der Waals surface area (Å²) in [7, 11) is -2.67. The number of nitrogens with zero attached hydrogens (tertiary/aromatic N) is 1. The Morgan fingerprint density at radius 1 is 1.08 bits per heavy atom. The standard InChI is InChI=1S/C18H14ClNO4S2/c1-24-16-10-9-13(12-15(16)19)20(18(21)17-8-5-11-25-17)26(22,23)14-6-3-2-4-7-14/h2-12H,1H3. The molecule has 8 heteroatoms. The van der Waals surface area contributed by atoms with E-state index in [1.54, 1.807) is 35.7 Å². The fraction of sp³-hybridized carbons (Fsp3) is 0.0556. The molecule has 0 N–H and O–H groups in total. The lowest BCUT2D eigenvalue weighted by Gasteiger charge is -2.22. The predicted molar refractivity (Wildman–Crippen MR) is 103 cm³/mol. The van der Waals surface area contributed by atoms with Crippen molar-refractivity contribution in [3.8, 4) is 5.75 Å². The minimum absolute atomic E-state index is 0.0110. The molecule has 3 aromatic rings. The number of hydrogen-bond donors (Lipinski definition) is 0. The van der Waals surface area contributed by atoms with Gasteiger partial charge < -0.3 is 4.74 Å². The number of amides is 1. The quantitative estimate of drug-likeness (QED) is 0.627. The summed E-state index contributed by atoms with van der Waals surface area (Å²) in [5.41, 5.74) is 0.137. The third-order valence-electron chi connectivity index (χ3n) is 3.57. The van der Waals surface area contributed by atoms with Crippen molar-refractivity contribution in [2.24, 2.45) is 0 Å². The molecule has 0 bridgehead atoms. The normalized spacial score (nSPS) is 11.2. The van der Waals surface area contributed by atoms with Crippen LogP contribution in [-0.2, 0) is 10.0 Å². The topological polar surface area (TPSA) is 63.7 Å². The molecule has 26 heavy (non-hydrogen) atoms. The second kappa shape index (κ2) is 7.49. The van der Waals surface area contributed by atoms with Crippen LogP contribution < -0.4 is 9.04 Å². The van der Waals surface area contributed by atoms with Gasteiger partial charge in [0.15, 0.2) is 0 Å². The van der Waals surface area contributed by atoms with Crippen LogP contribution in [0.15, 0.2) is 70.9 Å². The minimum Gasteiger partial charge on any atom is -0.495 e. The lowest BCUT2D eigenvalue weighted by atomic mass is 10.3. The van der Waals surface area contributed by atoms with Gasteiger partial charge in [-0.3, -0.25) is 4.79 Å². The van der Waals surface area contributed by atoms with Crippen LogP contribution in [0.3, 0.4) is 0 Å². The molecule has 0 saturated heterocycles. The van der Waals surface area contributed by atoms with Gasteiger partial charge in [-0.15, -0.1) is 11.3 Å². The summed E-state index contributed by atoms with van der Waals surface area (Å²) in [4.78, 5) is 13.3. The number of ether oxygens (including phenoxy) is 1. The Morgan fingerprint density at radius 3 is 2.38 bits per heavy atom. The molecule has 0 aliphatic rings. The summed E-state index contributed by atoms with van der Waals surface area (Å²) >= 11 is 7.31. The average Bonchev–Trinajstić information content (AvgIpc) is 3.17. The molecule has 0 spiro atoms. The smallest absolute Gasteiger partial charge is 0.282 e. The van der Waals surface area contributed by atoms with Crippen LogP contribution in [0.1, 0.15) is 9.67 Å². The second-order valence-corrected chi connectivity index (χ2v) is 8.33. The van der Waals surface area contributed by atoms with E-state index in [1.807, 2.05) is 0 Å². The fourth-order valence-corrected chi connectivity index (χ4v) is 4.73. The van der Waals surface area contributed by atoms with E-state index in [9.17, 15) is 13.2 Å². The third-order valence-corrected chi connectivity index (χ3v) is 6.45. The molecule has 3 rings (SSSR count). The Kier molecular flexibility index (Phi) is 5.31. The van der Waals surface area contributed by atoms with E-state index in [-0.39, 0.29) is 15.6 Å². The highest BCUT2D eigenvalue weighted by Gasteiger charge is 2.32. The molecule has 5 nitrogen and oxygen atoms in total. The Labute approximate surface area is 160 Å². The molecule has 1 heterocycles. The molecular weight excluding hydrogens is 394 g/mol. The van der Waals surface area contributed by atoms with E-state index in [0.717, 1.165) is 15.6 Å². The van der Waals surface area contributed by atoms with Gasteiger partial charge in [0.05, 0.1) is 27.6 Å². The summed E-state index contributed by atoms with van der Waals surface area (Å²) in [6.07, 6.45) is 0. The number of benzene rings is 2. The monoisotopic (exact) mass is 407 g/mol. The van der Waals surface area contributed by atoms with Crippen LogP contribution in [0.4, 0.5) is 5.69 Å². The first-order chi connectivity index (χ1) is 12.4. The van der Waals surface area contributed by atoms with Crippen LogP contribution in [0.5, 0.6) is 5.75 Å². The molecular formula is C18H14ClNO4S2. The highest BCUT2D eigenvalue weighted by molar-refractivity contribution is 7.93. The maximum absolute atomic E-state index is 13.2. The number of hydrogen-bond acceptors (Lipinski definition) is 5. The summed E-state index contributed by atoms with van der Waals surface area (Å²) in [5.74, 6) is -0.263. The molecule has 0 aliphatic carbocycles. The van der Waals surface area contributed by atoms with Crippen molar-refractivity contribution in [2.75, 3.05) is 11.4 Å². The molecule has 2 aromatic carbocycles. The first kappa shape index (κ1) is 18.4. The number of carbonyl (C=O) groups is 1. The molecule has 1 aromatic heterocycles. The lowest BCUT2D eigenvalue weighted by molar-refractivity contribution is 0.101. The summed E-state index contributed by atoms with van der Waals surface area (Å²) < 4.78 is 32.2. The number of carbonyl (C=O) groups excluding carboxylic acids is 1. The van der Waals surface area contributed by atoms with Crippen molar-refractivity contribution in [1.29, 1.82) is 0 Å². The number of rotatable bonds is 5. The van der Waals surface area contributed by atoms with Gasteiger partial charge in [0.2, 0.25) is 0 Å². The van der Waals surface area contributed by atoms with Gasteiger partial charge in [0.1, 0.15) is 5.75 Å². The summed E-state index contributed by atoms with van der Waals surface area (Å²) in [5, 5.41) is 1.92. The highest BCUT2D eigenvalue weighted by atomic mass is 35.5. The zero-order chi connectivity index (χ0) is 18.7. The lowest BCUT2D eigenvalue weighted by Crippen LogP contribution is -2.36. The van der Waals surface area contributed by atoms with E-state index < -0.39 is 15.9 Å². The van der Waals surface area contributed by atoms with E-state index in [0.29, 0.717) is 10.6 Å². The van der Waals surface area contributed by atoms with Crippen LogP contribution in [0.25, 0.3) is 0 Å². The van der Waals surface area contributed by atoms with Gasteiger partial charge in [-0.2, -0.15) is 4.31 Å². The number of sulfonamides is 1. The molecule has 134 valence electrons. The van der Waals surface area contributed by atoms with Crippen molar-refractivity contribution >= 4 is 44.6 Å². The molecule has 0 aliphatic heterocycles. The Hall–Kier alpha value is -2.35. The van der Waals surface area contributed by atoms with Crippen LogP contribution in [-0.4, -0.2) is 21.4 Å². The van der Waals surface area contributed by atoms with Gasteiger partial charge >= 0.3 is 0 Å². The SMILES string of the molecule is COc1ccc(N(C(=O)c2cccs2)S(=O)(=O)c2ccccc2)cc1Cl. The first-order valence-electron chi connectivity index (χ1n) is 7.47. The van der Waals surface area contributed by atoms with Crippen LogP contribution in [0, 0.1) is 0 Å². The van der Waals surface area contributed by atoms with Crippen molar-refractivity contribution in [3.63, 3.8) is 0 Å². The van der Waals surface area contributed by atoms with E-state index >= 15 is 0 Å². The number of thiophene rings is 1. The Balaban J connectivity index is 2.17. The zero-order valence-electron chi connectivity index (χ0n) is 13.6. The maximum Gasteiger partial charge on any atom is 0.282 e. The first-order valence-corrected chi connectivity index (χ1v) is 10.2. The Morgan fingerprint density at radius 2 is 1.81 bits per heavy atom. The average molecular weight is 408 g/mol. The largest absolute Gasteiger partial charge is 0.495 e. The fourth-order valence-electron chi connectivity index (χ4n) is 2.35. The number of halogens is 1. The second-order valence-electron chi connectivity index (χ2n) is 5.18. The third kappa shape index (κ3) is 3.46. The van der Waals surface area contributed by atoms with Crippen LogP contribution >= 0.6 is 22.9 Å². The van der Waals surface area contributed by atoms with Crippen LogP contribution in [0.2, 0.25) is 5.02 Å². The minimum atomic E-state index is -4.12. The molecule has 0 saturated carbocycles. The van der Waals surface area contributed by atoms with E-state index in [4.69, 9.17) is 16.3 Å². The van der Waals surface area contributed by atoms with Gasteiger partial charge in [0.25, 0.3) is 15.9 Å². The zero-order valence-corrected chi connectivity index (χ0v) is 16.0. The molecule has 1 amide bonds. The van der Waals surface area contributed by atoms with Crippen molar-refractivity contribution in [2.45, 2.75) is 4.90 Å². The predicted octanol–water partition coefficient (Wildman–Crippen LogP) is 4.45. The summed E-state index contributed by atoms with van der Waals surface area (Å²) in [6.45, 7) is 0. The van der Waals surface area contributed by atoms with Crippen molar-refractivity contribution in [1.82, 2.24) is 0 Å². The summed E-state index contributed by atoms with van der Waals surface area (Å²) in [6, 6.07) is 15.4. The number of anilines is 1. The highest BCUT2D eigenvalue weighted by Crippen LogP contribution is 2.33. The van der Waals surface area contributed by atoms with E-state index in [1.165, 1.54) is 37.4 Å². The number of methoxy groups -OCH3 is 1. The molecule has 0 fully saturated rings. The van der Waals surface area contributed by atoms with Gasteiger partial charge in [0, 0.05) is 0 Å². The maximum atomic E-state index is 13.2. The van der Waals surface area contributed by atoms with Crippen molar-refractivity contribution < 1.29 is 17.9 Å². The Bertz CT molecular complexity index is 1020. The van der Waals surface area contributed by atoms with E-state index in [2.05, 4.69) is 0 Å². The van der Waals surface area contributed by atoms with Gasteiger partial charge in [-0.05, 0) is 41.8 Å². The van der Waals surface area contributed by atoms with Crippen molar-refractivity contribution in [3.05, 3.63) is 75.9 Å². The molecule has 0 radical (unpaired) electrons. The van der Waals surface area contributed by atoms with Gasteiger partial charge in [-0.25, -0.2) is 8.42 Å². The molecule has 0 unspecified atom stereocenters. The van der Waals surface area contributed by atoms with Gasteiger partial charge in [-0.1, -0.05) is 35.9 Å². The molecule has 0 atom stereocenters.